The Morgan fingerprint density at radius 2 is 2.11 bits per heavy atom. The Bertz CT molecular complexity index is 423. The maximum Gasteiger partial charge on any atom is 0.342 e. The number of carbonyl (C=O) groups excluding carboxylic acids is 1. The highest BCUT2D eigenvalue weighted by Gasteiger charge is 2.18. The zero-order valence-corrected chi connectivity index (χ0v) is 11.1. The summed E-state index contributed by atoms with van der Waals surface area (Å²) in [5.74, 6) is -0.250. The van der Waals surface area contributed by atoms with Gasteiger partial charge in [-0.25, -0.2) is 4.79 Å². The van der Waals surface area contributed by atoms with Crippen molar-refractivity contribution in [1.29, 1.82) is 0 Å². The average Bonchev–Trinajstić information content (AvgIpc) is 2.31. The average molecular weight is 274 g/mol. The van der Waals surface area contributed by atoms with E-state index in [1.165, 1.54) is 12.1 Å². The minimum atomic E-state index is -0.515. The first-order valence-electron chi connectivity index (χ1n) is 5.48. The minimum Gasteiger partial charge on any atom is -0.489 e. The molecule has 0 heterocycles. The first-order chi connectivity index (χ1) is 8.60. The number of esters is 1. The number of carbonyl (C=O) groups is 1. The maximum atomic E-state index is 11.8. The molecule has 1 rings (SSSR count). The Balaban J connectivity index is 3.00. The molecule has 0 saturated heterocycles. The highest BCUT2D eigenvalue weighted by molar-refractivity contribution is 6.33. The third-order valence-corrected chi connectivity index (χ3v) is 2.38. The summed E-state index contributed by atoms with van der Waals surface area (Å²) < 4.78 is 15.2. The molecule has 0 aliphatic rings. The number of hydrogen-bond acceptors (Lipinski definition) is 5. The fourth-order valence-electron chi connectivity index (χ4n) is 1.35. The van der Waals surface area contributed by atoms with Crippen LogP contribution in [0.4, 0.5) is 5.69 Å². The molecule has 2 N–H and O–H groups in total. The summed E-state index contributed by atoms with van der Waals surface area (Å²) in [5.41, 5.74) is 6.24. The molecule has 0 bridgehead atoms. The van der Waals surface area contributed by atoms with Crippen molar-refractivity contribution in [2.24, 2.45) is 0 Å². The fourth-order valence-corrected chi connectivity index (χ4v) is 1.63. The van der Waals surface area contributed by atoms with E-state index in [9.17, 15) is 4.79 Å². The summed E-state index contributed by atoms with van der Waals surface area (Å²) in [6, 6.07) is 3.00. The molecule has 0 radical (unpaired) electrons. The summed E-state index contributed by atoms with van der Waals surface area (Å²) in [6.45, 7) is 2.66. The molecule has 0 aliphatic heterocycles. The number of benzene rings is 1. The predicted octanol–water partition coefficient (Wildman–Crippen LogP) is 2.12. The molecule has 0 aliphatic carbocycles. The van der Waals surface area contributed by atoms with Gasteiger partial charge in [0.05, 0.1) is 18.2 Å². The van der Waals surface area contributed by atoms with Gasteiger partial charge in [0, 0.05) is 12.8 Å². The van der Waals surface area contributed by atoms with Gasteiger partial charge in [-0.15, -0.1) is 0 Å². The first-order valence-corrected chi connectivity index (χ1v) is 5.85. The zero-order chi connectivity index (χ0) is 13.5. The van der Waals surface area contributed by atoms with Crippen molar-refractivity contribution in [3.63, 3.8) is 0 Å². The van der Waals surface area contributed by atoms with E-state index in [2.05, 4.69) is 0 Å². The van der Waals surface area contributed by atoms with Crippen LogP contribution in [0.1, 0.15) is 17.3 Å². The van der Waals surface area contributed by atoms with Crippen molar-refractivity contribution in [3.8, 4) is 5.75 Å². The molecule has 1 aromatic carbocycles. The normalized spacial score (nSPS) is 10.2. The second kappa shape index (κ2) is 7.08. The van der Waals surface area contributed by atoms with E-state index in [0.29, 0.717) is 12.3 Å². The number of hydrogen-bond donors (Lipinski definition) is 1. The van der Waals surface area contributed by atoms with E-state index in [1.54, 1.807) is 14.0 Å². The van der Waals surface area contributed by atoms with E-state index < -0.39 is 5.97 Å². The SMILES string of the molecule is CCOC(=O)c1cc(N)cc(Cl)c1OCCOC. The lowest BCUT2D eigenvalue weighted by Gasteiger charge is -2.13. The first kappa shape index (κ1) is 14.6. The van der Waals surface area contributed by atoms with Crippen molar-refractivity contribution in [2.75, 3.05) is 32.7 Å². The van der Waals surface area contributed by atoms with E-state index in [-0.39, 0.29) is 29.5 Å². The minimum absolute atomic E-state index is 0.220. The molecule has 0 aromatic heterocycles. The van der Waals surface area contributed by atoms with Crippen LogP contribution in [0.2, 0.25) is 5.02 Å². The van der Waals surface area contributed by atoms with Gasteiger partial charge in [-0.2, -0.15) is 0 Å². The lowest BCUT2D eigenvalue weighted by Crippen LogP contribution is -2.11. The summed E-state index contributed by atoms with van der Waals surface area (Å²) in [6.07, 6.45) is 0. The molecule has 18 heavy (non-hydrogen) atoms. The van der Waals surface area contributed by atoms with Crippen LogP contribution >= 0.6 is 11.6 Å². The van der Waals surface area contributed by atoms with Crippen LogP contribution in [0, 0.1) is 0 Å². The van der Waals surface area contributed by atoms with Crippen molar-refractivity contribution >= 4 is 23.3 Å². The van der Waals surface area contributed by atoms with Gasteiger partial charge in [0.1, 0.15) is 12.2 Å². The van der Waals surface area contributed by atoms with Crippen molar-refractivity contribution < 1.29 is 19.0 Å². The molecule has 0 fully saturated rings. The van der Waals surface area contributed by atoms with Gasteiger partial charge < -0.3 is 19.9 Å². The third kappa shape index (κ3) is 3.78. The highest BCUT2D eigenvalue weighted by atomic mass is 35.5. The molecule has 0 spiro atoms. The monoisotopic (exact) mass is 273 g/mol. The molecule has 0 amide bonds. The number of nitrogens with two attached hydrogens (primary N) is 1. The van der Waals surface area contributed by atoms with Crippen LogP contribution in [-0.2, 0) is 9.47 Å². The lowest BCUT2D eigenvalue weighted by molar-refractivity contribution is 0.0520. The van der Waals surface area contributed by atoms with Gasteiger partial charge >= 0.3 is 5.97 Å². The second-order valence-corrected chi connectivity index (χ2v) is 3.85. The summed E-state index contributed by atoms with van der Waals surface area (Å²) >= 11 is 6.00. The fraction of sp³-hybridized carbons (Fsp3) is 0.417. The largest absolute Gasteiger partial charge is 0.489 e. The van der Waals surface area contributed by atoms with E-state index in [1.807, 2.05) is 0 Å². The summed E-state index contributed by atoms with van der Waals surface area (Å²) in [5, 5.41) is 0.272. The quantitative estimate of drug-likeness (QED) is 0.488. The molecule has 100 valence electrons. The molecule has 1 aromatic rings. The van der Waals surface area contributed by atoms with Crippen LogP contribution in [0.15, 0.2) is 12.1 Å². The number of nitrogen functional groups attached to an aromatic ring is 1. The van der Waals surface area contributed by atoms with Crippen LogP contribution in [0.3, 0.4) is 0 Å². The van der Waals surface area contributed by atoms with Crippen molar-refractivity contribution in [2.45, 2.75) is 6.92 Å². The predicted molar refractivity (Wildman–Crippen MR) is 69.2 cm³/mol. The Hall–Kier alpha value is -1.46. The van der Waals surface area contributed by atoms with Crippen molar-refractivity contribution in [3.05, 3.63) is 22.7 Å². The number of rotatable bonds is 6. The van der Waals surface area contributed by atoms with Crippen LogP contribution in [-0.4, -0.2) is 32.9 Å². The Labute approximate surface area is 111 Å². The van der Waals surface area contributed by atoms with Gasteiger partial charge in [-0.3, -0.25) is 0 Å². The van der Waals surface area contributed by atoms with Gasteiger partial charge in [0.25, 0.3) is 0 Å². The Morgan fingerprint density at radius 3 is 2.72 bits per heavy atom. The summed E-state index contributed by atoms with van der Waals surface area (Å²) in [4.78, 5) is 11.8. The molecule has 0 unspecified atom stereocenters. The Kier molecular flexibility index (Phi) is 5.74. The third-order valence-electron chi connectivity index (χ3n) is 2.10. The van der Waals surface area contributed by atoms with Gasteiger partial charge in [-0.05, 0) is 19.1 Å². The van der Waals surface area contributed by atoms with Gasteiger partial charge in [0.2, 0.25) is 0 Å². The second-order valence-electron chi connectivity index (χ2n) is 3.44. The molecule has 0 atom stereocenters. The topological polar surface area (TPSA) is 70.8 Å². The molecule has 5 nitrogen and oxygen atoms in total. The van der Waals surface area contributed by atoms with E-state index in [4.69, 9.17) is 31.5 Å². The maximum absolute atomic E-state index is 11.8. The lowest BCUT2D eigenvalue weighted by atomic mass is 10.2. The number of ether oxygens (including phenoxy) is 3. The molecular weight excluding hydrogens is 258 g/mol. The van der Waals surface area contributed by atoms with Crippen LogP contribution < -0.4 is 10.5 Å². The van der Waals surface area contributed by atoms with Crippen molar-refractivity contribution in [1.82, 2.24) is 0 Å². The smallest absolute Gasteiger partial charge is 0.342 e. The number of methoxy groups -OCH3 is 1. The van der Waals surface area contributed by atoms with Crippen LogP contribution in [0.5, 0.6) is 5.75 Å². The zero-order valence-electron chi connectivity index (χ0n) is 10.4. The highest BCUT2D eigenvalue weighted by Crippen LogP contribution is 2.32. The standard InChI is InChI=1S/C12H16ClNO4/c1-3-17-12(15)9-6-8(14)7-10(13)11(9)18-5-4-16-2/h6-7H,3-5,14H2,1-2H3. The van der Waals surface area contributed by atoms with Gasteiger partial charge in [0.15, 0.2) is 5.75 Å². The van der Waals surface area contributed by atoms with Crippen LogP contribution in [0.25, 0.3) is 0 Å². The molecular formula is C12H16ClNO4. The Morgan fingerprint density at radius 1 is 1.39 bits per heavy atom. The summed E-state index contributed by atoms with van der Waals surface area (Å²) in [7, 11) is 1.56. The number of halogens is 1. The molecule has 6 heteroatoms. The van der Waals surface area contributed by atoms with Gasteiger partial charge in [-0.1, -0.05) is 11.6 Å². The van der Waals surface area contributed by atoms with E-state index >= 15 is 0 Å². The molecule has 0 saturated carbocycles. The van der Waals surface area contributed by atoms with E-state index in [0.717, 1.165) is 0 Å². The number of anilines is 1.